The largest absolute Gasteiger partial charge is 0.507 e. The van der Waals surface area contributed by atoms with Crippen LogP contribution >= 0.6 is 0 Å². The Morgan fingerprint density at radius 3 is 1.67 bits per heavy atom. The Morgan fingerprint density at radius 1 is 0.641 bits per heavy atom. The van der Waals surface area contributed by atoms with Crippen molar-refractivity contribution in [1.82, 2.24) is 0 Å². The molecule has 0 radical (unpaired) electrons. The van der Waals surface area contributed by atoms with Crippen LogP contribution in [0.25, 0.3) is 32.7 Å². The fraction of sp³-hybridized carbons (Fsp3) is 0.241. The molecule has 0 saturated carbocycles. The van der Waals surface area contributed by atoms with E-state index in [-0.39, 0.29) is 67.5 Å². The smallest absolute Gasteiger partial charge is 0.176 e. The number of carbonyl (C=O) groups excluding carboxylic acids is 2. The molecule has 0 bridgehead atoms. The molecule has 200 valence electrons. The van der Waals surface area contributed by atoms with Crippen molar-refractivity contribution in [3.8, 4) is 57.1 Å². The first-order valence-corrected chi connectivity index (χ1v) is 12.3. The highest BCUT2D eigenvalue weighted by molar-refractivity contribution is 6.19. The second-order valence-electron chi connectivity index (χ2n) is 10.2. The van der Waals surface area contributed by atoms with E-state index in [0.29, 0.717) is 0 Å². The van der Waals surface area contributed by atoms with Crippen molar-refractivity contribution in [1.29, 1.82) is 0 Å². The molecule has 10 heteroatoms. The van der Waals surface area contributed by atoms with Gasteiger partial charge < -0.3 is 40.1 Å². The topological polar surface area (TPSA) is 174 Å². The van der Waals surface area contributed by atoms with E-state index in [2.05, 4.69) is 0 Å². The molecule has 2 aliphatic rings. The number of phenolic OH excluding ortho intramolecular Hbond substituents is 6. The van der Waals surface area contributed by atoms with Crippen LogP contribution in [0.3, 0.4) is 0 Å². The first-order valence-electron chi connectivity index (χ1n) is 12.3. The molecule has 4 aromatic rings. The van der Waals surface area contributed by atoms with E-state index in [0.717, 1.165) is 12.1 Å². The van der Waals surface area contributed by atoms with Crippen LogP contribution in [0.15, 0.2) is 24.3 Å². The predicted octanol–water partition coefficient (Wildman–Crippen LogP) is 4.85. The molecule has 6 rings (SSSR count). The lowest BCUT2D eigenvalue weighted by molar-refractivity contribution is 0.0725. The lowest BCUT2D eigenvalue weighted by atomic mass is 9.85. The third-order valence-electron chi connectivity index (χ3n) is 7.65. The standard InChI is InChI=1S/C29H24O10/c1-9-4-14(30)25-19(38-9)5-12-21(15(31)7-17(33)23(12)28(25)36)22-13-6-20-26(27(35)10(2)11(3)39-20)29(37)24(13)18(34)8-16(22)32/h5-11,31-34,36-37H,4H2,1-3H3/t9-,10+,11-/m1/s1. The van der Waals surface area contributed by atoms with E-state index in [4.69, 9.17) is 9.47 Å². The van der Waals surface area contributed by atoms with Gasteiger partial charge in [0.15, 0.2) is 11.6 Å². The number of hydrogen-bond acceptors (Lipinski definition) is 10. The molecule has 2 aliphatic heterocycles. The number of aromatic hydroxyl groups is 6. The van der Waals surface area contributed by atoms with E-state index in [1.165, 1.54) is 12.1 Å². The van der Waals surface area contributed by atoms with E-state index in [1.807, 2.05) is 0 Å². The summed E-state index contributed by atoms with van der Waals surface area (Å²) in [6.07, 6.45) is -1.01. The number of benzene rings is 4. The van der Waals surface area contributed by atoms with Crippen molar-refractivity contribution in [3.05, 3.63) is 35.4 Å². The molecule has 3 atom stereocenters. The summed E-state index contributed by atoms with van der Waals surface area (Å²) in [6.45, 7) is 5.03. The number of rotatable bonds is 1. The first kappa shape index (κ1) is 24.5. The molecule has 2 heterocycles. The maximum atomic E-state index is 13.0. The molecule has 0 amide bonds. The van der Waals surface area contributed by atoms with Gasteiger partial charge in [-0.3, -0.25) is 9.59 Å². The molecular weight excluding hydrogens is 508 g/mol. The summed E-state index contributed by atoms with van der Waals surface area (Å²) < 4.78 is 11.7. The second-order valence-corrected chi connectivity index (χ2v) is 10.2. The highest BCUT2D eigenvalue weighted by Gasteiger charge is 2.37. The van der Waals surface area contributed by atoms with E-state index < -0.39 is 58.4 Å². The van der Waals surface area contributed by atoms with E-state index >= 15 is 0 Å². The van der Waals surface area contributed by atoms with Crippen molar-refractivity contribution in [2.24, 2.45) is 5.92 Å². The van der Waals surface area contributed by atoms with Gasteiger partial charge in [-0.15, -0.1) is 0 Å². The van der Waals surface area contributed by atoms with Crippen LogP contribution < -0.4 is 9.47 Å². The van der Waals surface area contributed by atoms with Crippen LogP contribution in [0.2, 0.25) is 0 Å². The minimum atomic E-state index is -0.566. The Kier molecular flexibility index (Phi) is 5.06. The molecule has 10 nitrogen and oxygen atoms in total. The predicted molar refractivity (Wildman–Crippen MR) is 140 cm³/mol. The number of fused-ring (bicyclic) bond motifs is 4. The summed E-state index contributed by atoms with van der Waals surface area (Å²) in [6, 6.07) is 4.63. The van der Waals surface area contributed by atoms with Crippen molar-refractivity contribution < 1.29 is 49.7 Å². The Hall–Kier alpha value is -4.86. The van der Waals surface area contributed by atoms with Gasteiger partial charge in [-0.25, -0.2) is 0 Å². The summed E-state index contributed by atoms with van der Waals surface area (Å²) in [5, 5.41) is 65.4. The number of ether oxygens (including phenoxy) is 2. The van der Waals surface area contributed by atoms with Crippen molar-refractivity contribution >= 4 is 33.1 Å². The summed E-state index contributed by atoms with van der Waals surface area (Å²) in [5.74, 6) is -4.52. The van der Waals surface area contributed by atoms with Crippen LogP contribution in [-0.2, 0) is 0 Å². The lowest BCUT2D eigenvalue weighted by Gasteiger charge is -2.29. The minimum absolute atomic E-state index is 0.0152. The lowest BCUT2D eigenvalue weighted by Crippen LogP contribution is -2.33. The number of Topliss-reactive ketones (excluding diaryl/α,β-unsaturated/α-hetero) is 2. The van der Waals surface area contributed by atoms with Gasteiger partial charge in [0.1, 0.15) is 69.3 Å². The van der Waals surface area contributed by atoms with Gasteiger partial charge in [-0.1, -0.05) is 6.92 Å². The van der Waals surface area contributed by atoms with Crippen molar-refractivity contribution in [3.63, 3.8) is 0 Å². The molecular formula is C29H24O10. The second kappa shape index (κ2) is 8.07. The van der Waals surface area contributed by atoms with Crippen LogP contribution in [0.4, 0.5) is 0 Å². The summed E-state index contributed by atoms with van der Waals surface area (Å²) in [7, 11) is 0. The number of ketones is 2. The molecule has 0 unspecified atom stereocenters. The molecule has 0 fully saturated rings. The fourth-order valence-electron chi connectivity index (χ4n) is 5.61. The summed E-state index contributed by atoms with van der Waals surface area (Å²) in [5.41, 5.74) is -0.428. The molecule has 0 aromatic heterocycles. The molecule has 39 heavy (non-hydrogen) atoms. The van der Waals surface area contributed by atoms with E-state index in [1.54, 1.807) is 20.8 Å². The van der Waals surface area contributed by atoms with Gasteiger partial charge in [-0.05, 0) is 26.0 Å². The van der Waals surface area contributed by atoms with Crippen LogP contribution in [-0.4, -0.2) is 54.4 Å². The van der Waals surface area contributed by atoms with Crippen molar-refractivity contribution in [2.75, 3.05) is 0 Å². The highest BCUT2D eigenvalue weighted by atomic mass is 16.5. The Bertz CT molecular complexity index is 1790. The molecule has 4 aromatic carbocycles. The average molecular weight is 533 g/mol. The zero-order chi connectivity index (χ0) is 28.1. The Morgan fingerprint density at radius 2 is 1.13 bits per heavy atom. The maximum Gasteiger partial charge on any atom is 0.176 e. The number of phenols is 6. The maximum absolute atomic E-state index is 13.0. The van der Waals surface area contributed by atoms with Crippen LogP contribution in [0.5, 0.6) is 46.0 Å². The van der Waals surface area contributed by atoms with Crippen molar-refractivity contribution in [2.45, 2.75) is 39.4 Å². The normalized spacial score (nSPS) is 20.4. The third kappa shape index (κ3) is 3.27. The first-order chi connectivity index (χ1) is 18.4. The zero-order valence-corrected chi connectivity index (χ0v) is 21.1. The van der Waals surface area contributed by atoms with Gasteiger partial charge >= 0.3 is 0 Å². The molecule has 6 N–H and O–H groups in total. The molecule has 0 saturated heterocycles. The van der Waals surface area contributed by atoms with Gasteiger partial charge in [0.2, 0.25) is 0 Å². The number of hydrogen-bond donors (Lipinski definition) is 6. The molecule has 0 aliphatic carbocycles. The zero-order valence-electron chi connectivity index (χ0n) is 21.1. The minimum Gasteiger partial charge on any atom is -0.507 e. The number of carbonyl (C=O) groups is 2. The quantitative estimate of drug-likeness (QED) is 0.199. The van der Waals surface area contributed by atoms with Gasteiger partial charge in [0, 0.05) is 40.5 Å². The third-order valence-corrected chi connectivity index (χ3v) is 7.65. The van der Waals surface area contributed by atoms with Crippen LogP contribution in [0.1, 0.15) is 47.9 Å². The van der Waals surface area contributed by atoms with E-state index in [9.17, 15) is 40.2 Å². The highest BCUT2D eigenvalue weighted by Crippen LogP contribution is 2.55. The SMILES string of the molecule is C[C@@H]1CC(=O)c2c(cc3c(-c4c(O)cc(O)c5c(O)c6c(cc45)O[C@H](C)[C@H](C)C6=O)c(O)cc(O)c3c2O)O1. The van der Waals surface area contributed by atoms with Gasteiger partial charge in [0.05, 0.1) is 16.7 Å². The van der Waals surface area contributed by atoms with Gasteiger partial charge in [0.25, 0.3) is 0 Å². The Labute approximate surface area is 220 Å². The molecule has 0 spiro atoms. The Balaban J connectivity index is 1.77. The monoisotopic (exact) mass is 532 g/mol. The van der Waals surface area contributed by atoms with Gasteiger partial charge in [-0.2, -0.15) is 0 Å². The van der Waals surface area contributed by atoms with Crippen LogP contribution in [0, 0.1) is 5.92 Å². The summed E-state index contributed by atoms with van der Waals surface area (Å²) >= 11 is 0. The fourth-order valence-corrected chi connectivity index (χ4v) is 5.61. The summed E-state index contributed by atoms with van der Waals surface area (Å²) in [4.78, 5) is 25.7. The average Bonchev–Trinajstić information content (AvgIpc) is 2.83.